The first-order valence-corrected chi connectivity index (χ1v) is 5.78. The van der Waals surface area contributed by atoms with Crippen molar-refractivity contribution in [3.8, 4) is 0 Å². The van der Waals surface area contributed by atoms with Crippen LogP contribution in [-0.2, 0) is 6.54 Å². The average molecular weight is 269 g/mol. The maximum absolute atomic E-state index is 10.5. The predicted molar refractivity (Wildman–Crippen MR) is 72.2 cm³/mol. The highest BCUT2D eigenvalue weighted by Crippen LogP contribution is 2.11. The zero-order chi connectivity index (χ0) is 13.5. The van der Waals surface area contributed by atoms with Crippen LogP contribution < -0.4 is 5.32 Å². The van der Waals surface area contributed by atoms with Crippen LogP contribution in [0.3, 0.4) is 0 Å². The number of thiocarbonyl (C=S) groups is 1. The smallest absolute Gasteiger partial charge is 0.269 e. The number of likely N-dealkylation sites (N-methyl/N-ethyl adjacent to an activating group) is 1. The molecule has 0 saturated heterocycles. The van der Waals surface area contributed by atoms with E-state index >= 15 is 0 Å². The van der Waals surface area contributed by atoms with Crippen LogP contribution in [0.15, 0.2) is 24.3 Å². The van der Waals surface area contributed by atoms with Gasteiger partial charge in [0.2, 0.25) is 0 Å². The van der Waals surface area contributed by atoms with Crippen LogP contribution in [0.4, 0.5) is 5.69 Å². The van der Waals surface area contributed by atoms with E-state index in [9.17, 15) is 10.1 Å². The van der Waals surface area contributed by atoms with E-state index in [4.69, 9.17) is 17.3 Å². The quantitative estimate of drug-likeness (QED) is 0.469. The highest BCUT2D eigenvalue weighted by Gasteiger charge is 2.05. The third-order valence-corrected chi connectivity index (χ3v) is 2.83. The maximum Gasteiger partial charge on any atom is 0.269 e. The standard InChI is InChI=1S/C11H15N3O3S/c1-13(6-7-15)11(18)12-8-9-2-4-10(5-3-9)14(16)17/h2-5,15H,6-8H2,1H3,(H,12,18). The van der Waals surface area contributed by atoms with Gasteiger partial charge < -0.3 is 15.3 Å². The van der Waals surface area contributed by atoms with Gasteiger partial charge in [0.15, 0.2) is 5.11 Å². The van der Waals surface area contributed by atoms with Crippen LogP contribution in [0, 0.1) is 10.1 Å². The predicted octanol–water partition coefficient (Wildman–Crippen LogP) is 0.893. The molecular formula is C11H15N3O3S. The van der Waals surface area contributed by atoms with E-state index in [1.807, 2.05) is 0 Å². The molecule has 6 nitrogen and oxygen atoms in total. The van der Waals surface area contributed by atoms with Gasteiger partial charge in [0.25, 0.3) is 5.69 Å². The summed E-state index contributed by atoms with van der Waals surface area (Å²) in [5.41, 5.74) is 0.971. The molecule has 0 radical (unpaired) electrons. The molecule has 1 rings (SSSR count). The van der Waals surface area contributed by atoms with Gasteiger partial charge in [-0.2, -0.15) is 0 Å². The number of hydrogen-bond donors (Lipinski definition) is 2. The van der Waals surface area contributed by atoms with Gasteiger partial charge in [-0.15, -0.1) is 0 Å². The highest BCUT2D eigenvalue weighted by molar-refractivity contribution is 7.80. The second kappa shape index (κ2) is 6.87. The van der Waals surface area contributed by atoms with Gasteiger partial charge in [-0.05, 0) is 17.8 Å². The Bertz CT molecular complexity index is 422. The minimum atomic E-state index is -0.434. The van der Waals surface area contributed by atoms with Crippen molar-refractivity contribution in [3.05, 3.63) is 39.9 Å². The number of hydrogen-bond acceptors (Lipinski definition) is 4. The van der Waals surface area contributed by atoms with Crippen molar-refractivity contribution < 1.29 is 10.0 Å². The lowest BCUT2D eigenvalue weighted by atomic mass is 10.2. The van der Waals surface area contributed by atoms with Gasteiger partial charge in [-0.1, -0.05) is 12.1 Å². The first-order chi connectivity index (χ1) is 8.54. The number of nitro benzene ring substituents is 1. The topological polar surface area (TPSA) is 78.6 Å². The second-order valence-electron chi connectivity index (χ2n) is 3.73. The molecule has 0 fully saturated rings. The fourth-order valence-corrected chi connectivity index (χ4v) is 1.46. The average Bonchev–Trinajstić information content (AvgIpc) is 2.36. The number of aliphatic hydroxyl groups is 1. The summed E-state index contributed by atoms with van der Waals surface area (Å²) in [4.78, 5) is 11.8. The molecule has 0 spiro atoms. The Morgan fingerprint density at radius 3 is 2.61 bits per heavy atom. The Balaban J connectivity index is 2.48. The Morgan fingerprint density at radius 1 is 1.50 bits per heavy atom. The van der Waals surface area contributed by atoms with E-state index in [1.54, 1.807) is 24.1 Å². The van der Waals surface area contributed by atoms with Crippen LogP contribution >= 0.6 is 12.2 Å². The normalized spacial score (nSPS) is 9.89. The van der Waals surface area contributed by atoms with Gasteiger partial charge >= 0.3 is 0 Å². The minimum Gasteiger partial charge on any atom is -0.395 e. The first kappa shape index (κ1) is 14.3. The Labute approximate surface area is 110 Å². The third-order valence-electron chi connectivity index (χ3n) is 2.37. The van der Waals surface area contributed by atoms with Crippen molar-refractivity contribution in [2.45, 2.75) is 6.54 Å². The summed E-state index contributed by atoms with van der Waals surface area (Å²) in [6, 6.07) is 6.27. The van der Waals surface area contributed by atoms with Crippen LogP contribution in [0.25, 0.3) is 0 Å². The summed E-state index contributed by atoms with van der Waals surface area (Å²) in [6.45, 7) is 0.995. The fourth-order valence-electron chi connectivity index (χ4n) is 1.30. The zero-order valence-corrected chi connectivity index (χ0v) is 10.8. The van der Waals surface area contributed by atoms with Crippen molar-refractivity contribution in [2.24, 2.45) is 0 Å². The molecule has 98 valence electrons. The van der Waals surface area contributed by atoms with Gasteiger partial charge in [0.1, 0.15) is 0 Å². The van der Waals surface area contributed by atoms with Crippen molar-refractivity contribution >= 4 is 23.0 Å². The van der Waals surface area contributed by atoms with E-state index in [2.05, 4.69) is 5.32 Å². The summed E-state index contributed by atoms with van der Waals surface area (Å²) in [6.07, 6.45) is 0. The summed E-state index contributed by atoms with van der Waals surface area (Å²) >= 11 is 5.10. The Morgan fingerprint density at radius 2 is 2.11 bits per heavy atom. The molecule has 0 unspecified atom stereocenters. The number of benzene rings is 1. The molecule has 0 aliphatic carbocycles. The second-order valence-corrected chi connectivity index (χ2v) is 4.11. The largest absolute Gasteiger partial charge is 0.395 e. The van der Waals surface area contributed by atoms with E-state index in [1.165, 1.54) is 12.1 Å². The Kier molecular flexibility index (Phi) is 5.47. The van der Waals surface area contributed by atoms with Crippen molar-refractivity contribution in [1.82, 2.24) is 10.2 Å². The molecule has 0 saturated carbocycles. The van der Waals surface area contributed by atoms with Crippen LogP contribution in [0.1, 0.15) is 5.56 Å². The number of non-ortho nitro benzene ring substituents is 1. The molecule has 1 aromatic carbocycles. The summed E-state index contributed by atoms with van der Waals surface area (Å²) in [5, 5.41) is 22.8. The number of nitrogens with one attached hydrogen (secondary N) is 1. The third kappa shape index (κ3) is 4.27. The molecule has 2 N–H and O–H groups in total. The number of rotatable bonds is 5. The SMILES string of the molecule is CN(CCO)C(=S)NCc1ccc([N+](=O)[O-])cc1. The molecule has 0 bridgehead atoms. The van der Waals surface area contributed by atoms with Gasteiger partial charge in [0, 0.05) is 32.3 Å². The molecule has 1 aromatic rings. The monoisotopic (exact) mass is 269 g/mol. The van der Waals surface area contributed by atoms with Crippen LogP contribution in [0.2, 0.25) is 0 Å². The molecule has 0 aromatic heterocycles. The summed E-state index contributed by atoms with van der Waals surface area (Å²) < 4.78 is 0. The molecule has 0 atom stereocenters. The molecular weight excluding hydrogens is 254 g/mol. The summed E-state index contributed by atoms with van der Waals surface area (Å²) in [5.74, 6) is 0. The van der Waals surface area contributed by atoms with Crippen molar-refractivity contribution in [1.29, 1.82) is 0 Å². The maximum atomic E-state index is 10.5. The molecule has 0 aliphatic rings. The van der Waals surface area contributed by atoms with E-state index in [0.29, 0.717) is 18.2 Å². The van der Waals surface area contributed by atoms with Crippen molar-refractivity contribution in [2.75, 3.05) is 20.2 Å². The zero-order valence-electron chi connectivity index (χ0n) is 10.00. The molecule has 0 aliphatic heterocycles. The summed E-state index contributed by atoms with van der Waals surface area (Å²) in [7, 11) is 1.78. The number of nitro groups is 1. The van der Waals surface area contributed by atoms with Gasteiger partial charge in [-0.25, -0.2) is 0 Å². The van der Waals surface area contributed by atoms with E-state index in [-0.39, 0.29) is 12.3 Å². The number of nitrogens with zero attached hydrogens (tertiary/aromatic N) is 2. The van der Waals surface area contributed by atoms with E-state index < -0.39 is 4.92 Å². The lowest BCUT2D eigenvalue weighted by Gasteiger charge is -2.19. The molecule has 7 heteroatoms. The highest BCUT2D eigenvalue weighted by atomic mass is 32.1. The molecule has 18 heavy (non-hydrogen) atoms. The first-order valence-electron chi connectivity index (χ1n) is 5.37. The fraction of sp³-hybridized carbons (Fsp3) is 0.364. The van der Waals surface area contributed by atoms with Gasteiger partial charge in [0.05, 0.1) is 11.5 Å². The molecule has 0 amide bonds. The number of aliphatic hydroxyl groups excluding tert-OH is 1. The van der Waals surface area contributed by atoms with Gasteiger partial charge in [-0.3, -0.25) is 10.1 Å². The van der Waals surface area contributed by atoms with Crippen LogP contribution in [0.5, 0.6) is 0 Å². The van der Waals surface area contributed by atoms with Crippen LogP contribution in [-0.4, -0.2) is 40.2 Å². The Hall–Kier alpha value is -1.73. The lowest BCUT2D eigenvalue weighted by Crippen LogP contribution is -2.38. The van der Waals surface area contributed by atoms with Crippen molar-refractivity contribution in [3.63, 3.8) is 0 Å². The lowest BCUT2D eigenvalue weighted by molar-refractivity contribution is -0.384. The molecule has 0 heterocycles. The van der Waals surface area contributed by atoms with E-state index in [0.717, 1.165) is 5.56 Å². The minimum absolute atomic E-state index is 0.0376.